The second-order valence-corrected chi connectivity index (χ2v) is 7.31. The molecule has 118 valence electrons. The van der Waals surface area contributed by atoms with Gasteiger partial charge in [0, 0.05) is 22.7 Å². The van der Waals surface area contributed by atoms with Crippen molar-refractivity contribution in [1.29, 1.82) is 0 Å². The van der Waals surface area contributed by atoms with Crippen molar-refractivity contribution in [3.63, 3.8) is 0 Å². The van der Waals surface area contributed by atoms with Crippen LogP contribution in [0.3, 0.4) is 0 Å². The SMILES string of the molecule is CCCNC(C)c1cc(Br)ccc1N1CCOCC1(C)C. The van der Waals surface area contributed by atoms with Crippen LogP contribution in [0, 0.1) is 0 Å². The number of hydrogen-bond donors (Lipinski definition) is 1. The van der Waals surface area contributed by atoms with E-state index in [2.05, 4.69) is 72.0 Å². The van der Waals surface area contributed by atoms with Crippen LogP contribution in [-0.4, -0.2) is 31.8 Å². The van der Waals surface area contributed by atoms with Gasteiger partial charge in [-0.25, -0.2) is 0 Å². The summed E-state index contributed by atoms with van der Waals surface area (Å²) in [6, 6.07) is 6.96. The maximum Gasteiger partial charge on any atom is 0.0694 e. The normalized spacial score (nSPS) is 19.6. The topological polar surface area (TPSA) is 24.5 Å². The van der Waals surface area contributed by atoms with E-state index in [9.17, 15) is 0 Å². The van der Waals surface area contributed by atoms with E-state index in [1.54, 1.807) is 0 Å². The average Bonchev–Trinajstić information content (AvgIpc) is 2.45. The first kappa shape index (κ1) is 16.8. The summed E-state index contributed by atoms with van der Waals surface area (Å²) in [5.74, 6) is 0. The Morgan fingerprint density at radius 1 is 1.43 bits per heavy atom. The Kier molecular flexibility index (Phi) is 5.69. The number of benzene rings is 1. The van der Waals surface area contributed by atoms with Crippen LogP contribution in [-0.2, 0) is 4.74 Å². The summed E-state index contributed by atoms with van der Waals surface area (Å²) in [6.07, 6.45) is 1.15. The molecule has 1 fully saturated rings. The molecule has 21 heavy (non-hydrogen) atoms. The molecule has 1 saturated heterocycles. The van der Waals surface area contributed by atoms with Gasteiger partial charge in [0.1, 0.15) is 0 Å². The van der Waals surface area contributed by atoms with E-state index in [0.29, 0.717) is 6.04 Å². The van der Waals surface area contributed by atoms with Crippen molar-refractivity contribution in [3.05, 3.63) is 28.2 Å². The maximum atomic E-state index is 5.66. The molecular weight excluding hydrogens is 328 g/mol. The second-order valence-electron chi connectivity index (χ2n) is 6.40. The van der Waals surface area contributed by atoms with E-state index >= 15 is 0 Å². The van der Waals surface area contributed by atoms with Crippen LogP contribution < -0.4 is 10.2 Å². The molecule has 1 aromatic carbocycles. The van der Waals surface area contributed by atoms with E-state index in [1.807, 2.05) is 0 Å². The summed E-state index contributed by atoms with van der Waals surface area (Å²) in [7, 11) is 0. The standard InChI is InChI=1S/C17H27BrN2O/c1-5-8-19-13(2)15-11-14(18)6-7-16(15)20-9-10-21-12-17(20,3)4/h6-7,11,13,19H,5,8-10,12H2,1-4H3. The lowest BCUT2D eigenvalue weighted by molar-refractivity contribution is 0.0642. The molecular formula is C17H27BrN2O. The van der Waals surface area contributed by atoms with Crippen LogP contribution in [0.2, 0.25) is 0 Å². The number of ether oxygens (including phenoxy) is 1. The maximum absolute atomic E-state index is 5.66. The van der Waals surface area contributed by atoms with Gasteiger partial charge in [0.05, 0.1) is 18.8 Å². The second kappa shape index (κ2) is 7.12. The molecule has 1 aromatic rings. The zero-order valence-corrected chi connectivity index (χ0v) is 15.2. The van der Waals surface area contributed by atoms with Gasteiger partial charge in [-0.15, -0.1) is 0 Å². The molecule has 0 saturated carbocycles. The third-order valence-corrected chi connectivity index (χ3v) is 4.59. The lowest BCUT2D eigenvalue weighted by Gasteiger charge is -2.45. The summed E-state index contributed by atoms with van der Waals surface area (Å²) in [5.41, 5.74) is 2.71. The highest BCUT2D eigenvalue weighted by atomic mass is 79.9. The summed E-state index contributed by atoms with van der Waals surface area (Å²) >= 11 is 3.61. The van der Waals surface area contributed by atoms with E-state index in [-0.39, 0.29) is 5.54 Å². The van der Waals surface area contributed by atoms with Crippen LogP contribution in [0.1, 0.15) is 45.7 Å². The molecule has 1 heterocycles. The van der Waals surface area contributed by atoms with E-state index in [4.69, 9.17) is 4.74 Å². The Morgan fingerprint density at radius 3 is 2.86 bits per heavy atom. The lowest BCUT2D eigenvalue weighted by atomic mass is 9.97. The van der Waals surface area contributed by atoms with Crippen molar-refractivity contribution in [2.24, 2.45) is 0 Å². The Bertz CT molecular complexity index is 476. The predicted molar refractivity (Wildman–Crippen MR) is 93.1 cm³/mol. The van der Waals surface area contributed by atoms with E-state index in [1.165, 1.54) is 11.3 Å². The molecule has 0 amide bonds. The molecule has 1 aliphatic heterocycles. The van der Waals surface area contributed by atoms with Gasteiger partial charge in [-0.1, -0.05) is 22.9 Å². The monoisotopic (exact) mass is 354 g/mol. The van der Waals surface area contributed by atoms with E-state index < -0.39 is 0 Å². The molecule has 1 N–H and O–H groups in total. The molecule has 0 bridgehead atoms. The van der Waals surface area contributed by atoms with Crippen molar-refractivity contribution < 1.29 is 4.74 Å². The first-order chi connectivity index (χ1) is 9.95. The molecule has 2 rings (SSSR count). The first-order valence-electron chi connectivity index (χ1n) is 7.84. The van der Waals surface area contributed by atoms with Crippen molar-refractivity contribution in [3.8, 4) is 0 Å². The third-order valence-electron chi connectivity index (χ3n) is 4.09. The van der Waals surface area contributed by atoms with Gasteiger partial charge in [0.25, 0.3) is 0 Å². The molecule has 1 unspecified atom stereocenters. The lowest BCUT2D eigenvalue weighted by Crippen LogP contribution is -2.53. The molecule has 0 aromatic heterocycles. The fourth-order valence-electron chi connectivity index (χ4n) is 2.89. The third kappa shape index (κ3) is 3.99. The van der Waals surface area contributed by atoms with Crippen LogP contribution in [0.5, 0.6) is 0 Å². The Balaban J connectivity index is 2.33. The van der Waals surface area contributed by atoms with Gasteiger partial charge < -0.3 is 15.0 Å². The Hall–Kier alpha value is -0.580. The van der Waals surface area contributed by atoms with Gasteiger partial charge in [-0.3, -0.25) is 0 Å². The fraction of sp³-hybridized carbons (Fsp3) is 0.647. The molecule has 1 atom stereocenters. The van der Waals surface area contributed by atoms with Gasteiger partial charge in [0.2, 0.25) is 0 Å². The molecule has 0 spiro atoms. The number of anilines is 1. The summed E-state index contributed by atoms with van der Waals surface area (Å²) in [6.45, 7) is 12.5. The Labute approximate surface area is 137 Å². The zero-order valence-electron chi connectivity index (χ0n) is 13.6. The predicted octanol–water partition coefficient (Wildman–Crippen LogP) is 4.12. The fourth-order valence-corrected chi connectivity index (χ4v) is 3.27. The number of halogens is 1. The highest BCUT2D eigenvalue weighted by molar-refractivity contribution is 9.10. The number of nitrogens with zero attached hydrogens (tertiary/aromatic N) is 1. The van der Waals surface area contributed by atoms with Gasteiger partial charge >= 0.3 is 0 Å². The molecule has 0 radical (unpaired) electrons. The summed E-state index contributed by atoms with van der Waals surface area (Å²) in [4.78, 5) is 2.49. The smallest absolute Gasteiger partial charge is 0.0694 e. The Morgan fingerprint density at radius 2 is 2.19 bits per heavy atom. The van der Waals surface area contributed by atoms with Crippen molar-refractivity contribution in [2.75, 3.05) is 31.2 Å². The minimum atomic E-state index is 0.0330. The van der Waals surface area contributed by atoms with Crippen molar-refractivity contribution in [2.45, 2.75) is 45.7 Å². The van der Waals surface area contributed by atoms with Crippen LogP contribution in [0.4, 0.5) is 5.69 Å². The number of morpholine rings is 1. The van der Waals surface area contributed by atoms with Crippen molar-refractivity contribution >= 4 is 21.6 Å². The van der Waals surface area contributed by atoms with E-state index in [0.717, 1.165) is 37.2 Å². The molecule has 0 aliphatic carbocycles. The molecule has 1 aliphatic rings. The zero-order chi connectivity index (χ0) is 15.5. The first-order valence-corrected chi connectivity index (χ1v) is 8.63. The number of rotatable bonds is 5. The molecule has 4 heteroatoms. The molecule has 3 nitrogen and oxygen atoms in total. The van der Waals surface area contributed by atoms with Crippen LogP contribution in [0.15, 0.2) is 22.7 Å². The number of nitrogens with one attached hydrogen (secondary N) is 1. The van der Waals surface area contributed by atoms with Crippen LogP contribution in [0.25, 0.3) is 0 Å². The summed E-state index contributed by atoms with van der Waals surface area (Å²) < 4.78 is 6.80. The van der Waals surface area contributed by atoms with Gasteiger partial charge in [-0.05, 0) is 57.5 Å². The number of hydrogen-bond acceptors (Lipinski definition) is 3. The largest absolute Gasteiger partial charge is 0.377 e. The van der Waals surface area contributed by atoms with Gasteiger partial charge in [-0.2, -0.15) is 0 Å². The van der Waals surface area contributed by atoms with Gasteiger partial charge in [0.15, 0.2) is 0 Å². The minimum Gasteiger partial charge on any atom is -0.377 e. The average molecular weight is 355 g/mol. The van der Waals surface area contributed by atoms with Crippen LogP contribution >= 0.6 is 15.9 Å². The minimum absolute atomic E-state index is 0.0330. The van der Waals surface area contributed by atoms with Crippen molar-refractivity contribution in [1.82, 2.24) is 5.32 Å². The summed E-state index contributed by atoms with van der Waals surface area (Å²) in [5, 5.41) is 3.60. The highest BCUT2D eigenvalue weighted by Gasteiger charge is 2.32. The quantitative estimate of drug-likeness (QED) is 0.860. The highest BCUT2D eigenvalue weighted by Crippen LogP contribution is 2.34.